The molecular weight excluding hydrogens is 194 g/mol. The molecule has 0 aliphatic carbocycles. The average molecular weight is 217 g/mol. The van der Waals surface area contributed by atoms with Gasteiger partial charge in [-0.3, -0.25) is 0 Å². The molecular formula is C11H23NOS. The van der Waals surface area contributed by atoms with Gasteiger partial charge >= 0.3 is 0 Å². The molecule has 1 heterocycles. The van der Waals surface area contributed by atoms with Crippen molar-refractivity contribution in [2.75, 3.05) is 25.5 Å². The van der Waals surface area contributed by atoms with Crippen LogP contribution in [0.15, 0.2) is 0 Å². The SMILES string of the molecule is CCNC(C)CCCCSC1COC1. The first-order valence-corrected chi connectivity index (χ1v) is 6.80. The van der Waals surface area contributed by atoms with Gasteiger partial charge in [0.2, 0.25) is 0 Å². The molecule has 0 aromatic carbocycles. The molecule has 1 aliphatic rings. The predicted molar refractivity (Wildman–Crippen MR) is 64.1 cm³/mol. The maximum atomic E-state index is 5.13. The van der Waals surface area contributed by atoms with Gasteiger partial charge in [0.05, 0.1) is 18.5 Å². The fraction of sp³-hybridized carbons (Fsp3) is 1.00. The van der Waals surface area contributed by atoms with Crippen LogP contribution >= 0.6 is 11.8 Å². The van der Waals surface area contributed by atoms with Crippen molar-refractivity contribution in [3.05, 3.63) is 0 Å². The number of rotatable bonds is 8. The molecule has 0 bridgehead atoms. The van der Waals surface area contributed by atoms with Crippen LogP contribution in [0.2, 0.25) is 0 Å². The molecule has 1 rings (SSSR count). The van der Waals surface area contributed by atoms with E-state index in [-0.39, 0.29) is 0 Å². The molecule has 1 fully saturated rings. The second-order valence-corrected chi connectivity index (χ2v) is 5.39. The lowest BCUT2D eigenvalue weighted by molar-refractivity contribution is 0.0455. The van der Waals surface area contributed by atoms with E-state index in [4.69, 9.17) is 4.74 Å². The molecule has 84 valence electrons. The fourth-order valence-corrected chi connectivity index (χ4v) is 2.65. The largest absolute Gasteiger partial charge is 0.379 e. The van der Waals surface area contributed by atoms with Gasteiger partial charge in [-0.2, -0.15) is 11.8 Å². The maximum absolute atomic E-state index is 5.13. The van der Waals surface area contributed by atoms with E-state index in [9.17, 15) is 0 Å². The van der Waals surface area contributed by atoms with Gasteiger partial charge in [0.15, 0.2) is 0 Å². The van der Waals surface area contributed by atoms with Crippen LogP contribution in [-0.4, -0.2) is 36.8 Å². The third-order valence-electron chi connectivity index (χ3n) is 2.55. The molecule has 1 unspecified atom stereocenters. The van der Waals surface area contributed by atoms with Crippen LogP contribution in [0.1, 0.15) is 33.1 Å². The molecule has 0 aromatic heterocycles. The number of hydrogen-bond acceptors (Lipinski definition) is 3. The summed E-state index contributed by atoms with van der Waals surface area (Å²) < 4.78 is 5.13. The zero-order valence-corrected chi connectivity index (χ0v) is 10.2. The van der Waals surface area contributed by atoms with Crippen LogP contribution in [0.5, 0.6) is 0 Å². The van der Waals surface area contributed by atoms with Crippen molar-refractivity contribution in [2.45, 2.75) is 44.4 Å². The number of hydrogen-bond donors (Lipinski definition) is 1. The van der Waals surface area contributed by atoms with Crippen molar-refractivity contribution in [1.29, 1.82) is 0 Å². The molecule has 0 amide bonds. The molecule has 0 radical (unpaired) electrons. The van der Waals surface area contributed by atoms with Crippen molar-refractivity contribution < 1.29 is 4.74 Å². The Morgan fingerprint density at radius 1 is 1.43 bits per heavy atom. The Kier molecular flexibility index (Phi) is 6.65. The van der Waals surface area contributed by atoms with E-state index >= 15 is 0 Å². The monoisotopic (exact) mass is 217 g/mol. The third kappa shape index (κ3) is 5.23. The lowest BCUT2D eigenvalue weighted by Crippen LogP contribution is -2.30. The number of ether oxygens (including phenoxy) is 1. The molecule has 0 saturated carbocycles. The highest BCUT2D eigenvalue weighted by Crippen LogP contribution is 2.20. The van der Waals surface area contributed by atoms with Crippen molar-refractivity contribution in [1.82, 2.24) is 5.32 Å². The second kappa shape index (κ2) is 7.55. The Labute approximate surface area is 92.2 Å². The zero-order chi connectivity index (χ0) is 10.2. The summed E-state index contributed by atoms with van der Waals surface area (Å²) in [5.41, 5.74) is 0. The van der Waals surface area contributed by atoms with E-state index in [2.05, 4.69) is 30.9 Å². The maximum Gasteiger partial charge on any atom is 0.0607 e. The van der Waals surface area contributed by atoms with E-state index in [1.54, 1.807) is 0 Å². The van der Waals surface area contributed by atoms with E-state index in [0.717, 1.165) is 25.0 Å². The fourth-order valence-electron chi connectivity index (χ4n) is 1.56. The summed E-state index contributed by atoms with van der Waals surface area (Å²) >= 11 is 2.08. The number of nitrogens with one attached hydrogen (secondary N) is 1. The Bertz CT molecular complexity index is 139. The van der Waals surface area contributed by atoms with Gasteiger partial charge in [-0.15, -0.1) is 0 Å². The Morgan fingerprint density at radius 2 is 2.21 bits per heavy atom. The van der Waals surface area contributed by atoms with Crippen LogP contribution in [0, 0.1) is 0 Å². The van der Waals surface area contributed by atoms with E-state index in [1.807, 2.05) is 0 Å². The highest BCUT2D eigenvalue weighted by Gasteiger charge is 2.17. The molecule has 1 N–H and O–H groups in total. The summed E-state index contributed by atoms with van der Waals surface area (Å²) in [4.78, 5) is 0. The van der Waals surface area contributed by atoms with Crippen LogP contribution < -0.4 is 5.32 Å². The summed E-state index contributed by atoms with van der Waals surface area (Å²) in [5.74, 6) is 1.31. The minimum absolute atomic E-state index is 0.692. The first kappa shape index (κ1) is 12.3. The summed E-state index contributed by atoms with van der Waals surface area (Å²) in [6.07, 6.45) is 4.03. The van der Waals surface area contributed by atoms with Gasteiger partial charge < -0.3 is 10.1 Å². The molecule has 0 aromatic rings. The molecule has 1 atom stereocenters. The minimum Gasteiger partial charge on any atom is -0.379 e. The number of thioether (sulfide) groups is 1. The Morgan fingerprint density at radius 3 is 2.79 bits per heavy atom. The second-order valence-electron chi connectivity index (χ2n) is 3.98. The topological polar surface area (TPSA) is 21.3 Å². The van der Waals surface area contributed by atoms with E-state index in [1.165, 1.54) is 25.0 Å². The number of unbranched alkanes of at least 4 members (excludes halogenated alkanes) is 1. The van der Waals surface area contributed by atoms with Crippen molar-refractivity contribution >= 4 is 11.8 Å². The molecule has 0 spiro atoms. The smallest absolute Gasteiger partial charge is 0.0607 e. The molecule has 14 heavy (non-hydrogen) atoms. The van der Waals surface area contributed by atoms with Crippen molar-refractivity contribution in [2.24, 2.45) is 0 Å². The van der Waals surface area contributed by atoms with Crippen LogP contribution in [0.25, 0.3) is 0 Å². The van der Waals surface area contributed by atoms with Gasteiger partial charge in [0, 0.05) is 6.04 Å². The van der Waals surface area contributed by atoms with E-state index in [0.29, 0.717) is 6.04 Å². The van der Waals surface area contributed by atoms with Crippen LogP contribution in [0.3, 0.4) is 0 Å². The van der Waals surface area contributed by atoms with Crippen molar-refractivity contribution in [3.63, 3.8) is 0 Å². The first-order valence-electron chi connectivity index (χ1n) is 5.75. The molecule has 2 nitrogen and oxygen atoms in total. The highest BCUT2D eigenvalue weighted by molar-refractivity contribution is 8.00. The quantitative estimate of drug-likeness (QED) is 0.630. The summed E-state index contributed by atoms with van der Waals surface area (Å²) in [5, 5.41) is 4.25. The van der Waals surface area contributed by atoms with E-state index < -0.39 is 0 Å². The van der Waals surface area contributed by atoms with Gasteiger partial charge in [0.25, 0.3) is 0 Å². The molecule has 3 heteroatoms. The van der Waals surface area contributed by atoms with Gasteiger partial charge in [0.1, 0.15) is 0 Å². The lowest BCUT2D eigenvalue weighted by Gasteiger charge is -2.25. The minimum atomic E-state index is 0.692. The third-order valence-corrected chi connectivity index (χ3v) is 3.81. The first-order chi connectivity index (χ1) is 6.83. The Hall–Kier alpha value is 0.270. The zero-order valence-electron chi connectivity index (χ0n) is 9.42. The standard InChI is InChI=1S/C11H23NOS/c1-3-12-10(2)6-4-5-7-14-11-8-13-9-11/h10-12H,3-9H2,1-2H3. The van der Waals surface area contributed by atoms with Crippen LogP contribution in [-0.2, 0) is 4.74 Å². The lowest BCUT2D eigenvalue weighted by atomic mass is 10.1. The summed E-state index contributed by atoms with van der Waals surface area (Å²) in [7, 11) is 0. The van der Waals surface area contributed by atoms with Crippen molar-refractivity contribution in [3.8, 4) is 0 Å². The average Bonchev–Trinajstić information content (AvgIpc) is 2.08. The predicted octanol–water partition coefficient (Wildman–Crippen LogP) is 2.29. The van der Waals surface area contributed by atoms with Gasteiger partial charge in [-0.05, 0) is 32.1 Å². The highest BCUT2D eigenvalue weighted by atomic mass is 32.2. The van der Waals surface area contributed by atoms with Gasteiger partial charge in [-0.1, -0.05) is 13.3 Å². The van der Waals surface area contributed by atoms with Gasteiger partial charge in [-0.25, -0.2) is 0 Å². The summed E-state index contributed by atoms with van der Waals surface area (Å²) in [6, 6.07) is 0.692. The Balaban J connectivity index is 1.78. The molecule has 1 aliphatic heterocycles. The molecule has 1 saturated heterocycles. The summed E-state index contributed by atoms with van der Waals surface area (Å²) in [6.45, 7) is 7.51. The normalized spacial score (nSPS) is 19.3. The van der Waals surface area contributed by atoms with Crippen LogP contribution in [0.4, 0.5) is 0 Å².